The van der Waals surface area contributed by atoms with Gasteiger partial charge >= 0.3 is 0 Å². The Balaban J connectivity index is 2.60. The van der Waals surface area contributed by atoms with Crippen LogP contribution >= 0.6 is 12.2 Å². The maximum Gasteiger partial charge on any atom is 0.118 e. The lowest BCUT2D eigenvalue weighted by molar-refractivity contribution is 0.329. The van der Waals surface area contributed by atoms with Crippen molar-refractivity contribution >= 4 is 17.2 Å². The van der Waals surface area contributed by atoms with Gasteiger partial charge in [0, 0.05) is 13.2 Å². The number of nitrogens with one attached hydrogen (secondary N) is 2. The molecule has 44 valence electrons. The molecule has 2 N–H and O–H groups in total. The van der Waals surface area contributed by atoms with Crippen LogP contribution in [-0.2, 0) is 0 Å². The molecule has 1 rings (SSSR count). The summed E-state index contributed by atoms with van der Waals surface area (Å²) in [5.74, 6) is 0. The number of thiocarbonyl (C=S) groups is 1. The van der Waals surface area contributed by atoms with Crippen molar-refractivity contribution in [1.29, 1.82) is 0 Å². The summed E-state index contributed by atoms with van der Waals surface area (Å²) in [6.45, 7) is 0. The fourth-order valence-corrected chi connectivity index (χ4v) is 0.528. The second kappa shape index (κ2) is 2.11. The minimum atomic E-state index is 0.781. The first-order valence-corrected chi connectivity index (χ1v) is 2.67. The van der Waals surface area contributed by atoms with Gasteiger partial charge in [0.25, 0.3) is 0 Å². The molecule has 3 nitrogen and oxygen atoms in total. The molecule has 0 aliphatic carbocycles. The molecule has 4 heteroatoms. The van der Waals surface area contributed by atoms with Crippen LogP contribution < -0.4 is 11.0 Å². The average molecular weight is 129 g/mol. The number of nitrogens with zero attached hydrogens (tertiary/aromatic N) is 1. The molecule has 0 saturated carbocycles. The molecule has 0 aromatic heterocycles. The first kappa shape index (κ1) is 5.53. The normalized spacial score (nSPS) is 18.6. The van der Waals surface area contributed by atoms with Crippen LogP contribution in [0.1, 0.15) is 0 Å². The van der Waals surface area contributed by atoms with E-state index in [1.54, 1.807) is 11.2 Å². The Hall–Kier alpha value is -0.610. The van der Waals surface area contributed by atoms with Gasteiger partial charge in [-0.15, -0.1) is 5.53 Å². The highest BCUT2D eigenvalue weighted by atomic mass is 32.1. The van der Waals surface area contributed by atoms with E-state index in [-0.39, 0.29) is 0 Å². The monoisotopic (exact) mass is 129 g/mol. The number of hydrazine groups is 2. The van der Waals surface area contributed by atoms with Crippen molar-refractivity contribution in [3.63, 3.8) is 0 Å². The lowest BCUT2D eigenvalue weighted by Crippen LogP contribution is -2.47. The molecule has 0 spiro atoms. The van der Waals surface area contributed by atoms with Crippen molar-refractivity contribution in [2.24, 2.45) is 0 Å². The van der Waals surface area contributed by atoms with E-state index < -0.39 is 0 Å². The highest BCUT2D eigenvalue weighted by Gasteiger charge is 2.00. The Morgan fingerprint density at radius 2 is 2.50 bits per heavy atom. The zero-order valence-corrected chi connectivity index (χ0v) is 5.33. The molecule has 1 heterocycles. The number of likely N-dealkylation sites (N-methyl/N-ethyl adjacent to an activating group) is 1. The van der Waals surface area contributed by atoms with Gasteiger partial charge in [-0.25, -0.2) is 0 Å². The van der Waals surface area contributed by atoms with Gasteiger partial charge in [-0.2, -0.15) is 0 Å². The first-order chi connectivity index (χ1) is 3.80. The molecule has 0 amide bonds. The topological polar surface area (TPSA) is 27.3 Å². The summed E-state index contributed by atoms with van der Waals surface area (Å²) in [4.78, 5) is 0.781. The third kappa shape index (κ3) is 0.962. The first-order valence-electron chi connectivity index (χ1n) is 2.26. The van der Waals surface area contributed by atoms with Gasteiger partial charge in [0.05, 0.1) is 0 Å². The smallest absolute Gasteiger partial charge is 0.118 e. The van der Waals surface area contributed by atoms with Crippen LogP contribution in [0.4, 0.5) is 0 Å². The van der Waals surface area contributed by atoms with E-state index in [4.69, 9.17) is 12.2 Å². The van der Waals surface area contributed by atoms with Gasteiger partial charge in [0.2, 0.25) is 0 Å². The molecule has 1 aliphatic heterocycles. The predicted octanol–water partition coefficient (Wildman–Crippen LogP) is -0.218. The van der Waals surface area contributed by atoms with Crippen LogP contribution in [-0.4, -0.2) is 17.0 Å². The molecular weight excluding hydrogens is 122 g/mol. The van der Waals surface area contributed by atoms with Crippen molar-refractivity contribution in [3.8, 4) is 0 Å². The fourth-order valence-electron chi connectivity index (χ4n) is 0.414. The van der Waals surface area contributed by atoms with Crippen molar-refractivity contribution in [2.75, 3.05) is 7.05 Å². The minimum absolute atomic E-state index is 0.781. The molecule has 1 aliphatic rings. The van der Waals surface area contributed by atoms with E-state index in [1.165, 1.54) is 0 Å². The zero-order chi connectivity index (χ0) is 5.98. The molecule has 0 fully saturated rings. The molecule has 8 heavy (non-hydrogen) atoms. The quantitative estimate of drug-likeness (QED) is 0.442. The number of rotatable bonds is 0. The lowest BCUT2D eigenvalue weighted by Gasteiger charge is -2.21. The van der Waals surface area contributed by atoms with Gasteiger partial charge in [-0.3, -0.25) is 5.01 Å². The number of hydrogen-bond acceptors (Lipinski definition) is 3. The summed E-state index contributed by atoms with van der Waals surface area (Å²) in [6, 6.07) is 0. The third-order valence-electron chi connectivity index (χ3n) is 0.872. The molecule has 0 radical (unpaired) electrons. The summed E-state index contributed by atoms with van der Waals surface area (Å²) >= 11 is 4.86. The number of hydrogen-bond donors (Lipinski definition) is 2. The summed E-state index contributed by atoms with van der Waals surface area (Å²) in [7, 11) is 1.85. The van der Waals surface area contributed by atoms with E-state index in [9.17, 15) is 0 Å². The standard InChI is InChI=1S/C4H7N3S/c1-7-4(8)2-3-5-6-7/h2-3,5-6H,1H3. The van der Waals surface area contributed by atoms with Crippen LogP contribution in [0.3, 0.4) is 0 Å². The van der Waals surface area contributed by atoms with Crippen LogP contribution in [0.25, 0.3) is 0 Å². The van der Waals surface area contributed by atoms with Crippen molar-refractivity contribution < 1.29 is 0 Å². The summed E-state index contributed by atoms with van der Waals surface area (Å²) < 4.78 is 0. The highest BCUT2D eigenvalue weighted by molar-refractivity contribution is 7.80. The summed E-state index contributed by atoms with van der Waals surface area (Å²) in [5.41, 5.74) is 5.56. The second-order valence-corrected chi connectivity index (χ2v) is 1.91. The van der Waals surface area contributed by atoms with E-state index in [0.717, 1.165) is 4.99 Å². The Kier molecular flexibility index (Phi) is 1.45. The van der Waals surface area contributed by atoms with E-state index in [1.807, 2.05) is 13.1 Å². The van der Waals surface area contributed by atoms with Gasteiger partial charge < -0.3 is 5.43 Å². The molecule has 0 unspecified atom stereocenters. The van der Waals surface area contributed by atoms with Crippen LogP contribution in [0.15, 0.2) is 12.3 Å². The van der Waals surface area contributed by atoms with Crippen molar-refractivity contribution in [2.45, 2.75) is 0 Å². The summed E-state index contributed by atoms with van der Waals surface area (Å²) in [6.07, 6.45) is 3.56. The van der Waals surface area contributed by atoms with E-state index in [2.05, 4.69) is 11.0 Å². The third-order valence-corrected chi connectivity index (χ3v) is 1.28. The van der Waals surface area contributed by atoms with Crippen molar-refractivity contribution in [1.82, 2.24) is 16.0 Å². The average Bonchev–Trinajstić information content (AvgIpc) is 1.77. The predicted molar refractivity (Wildman–Crippen MR) is 35.8 cm³/mol. The highest BCUT2D eigenvalue weighted by Crippen LogP contribution is 1.87. The lowest BCUT2D eigenvalue weighted by atomic mass is 10.6. The van der Waals surface area contributed by atoms with Gasteiger partial charge in [0.1, 0.15) is 4.99 Å². The maximum atomic E-state index is 4.86. The molecule has 0 saturated heterocycles. The van der Waals surface area contributed by atoms with Gasteiger partial charge in [-0.05, 0) is 6.08 Å². The molecule has 0 aromatic carbocycles. The maximum absolute atomic E-state index is 4.86. The van der Waals surface area contributed by atoms with E-state index >= 15 is 0 Å². The molecule has 0 bridgehead atoms. The van der Waals surface area contributed by atoms with Crippen LogP contribution in [0.2, 0.25) is 0 Å². The zero-order valence-electron chi connectivity index (χ0n) is 4.51. The Morgan fingerprint density at radius 1 is 1.75 bits per heavy atom. The Morgan fingerprint density at radius 3 is 2.88 bits per heavy atom. The Labute approximate surface area is 53.3 Å². The minimum Gasteiger partial charge on any atom is -0.311 e. The van der Waals surface area contributed by atoms with Crippen LogP contribution in [0, 0.1) is 0 Å². The Bertz CT molecular complexity index is 131. The summed E-state index contributed by atoms with van der Waals surface area (Å²) in [5, 5.41) is 1.72. The van der Waals surface area contributed by atoms with E-state index in [0.29, 0.717) is 0 Å². The largest absolute Gasteiger partial charge is 0.311 e. The van der Waals surface area contributed by atoms with Crippen molar-refractivity contribution in [3.05, 3.63) is 12.3 Å². The van der Waals surface area contributed by atoms with Gasteiger partial charge in [0.15, 0.2) is 0 Å². The van der Waals surface area contributed by atoms with Gasteiger partial charge in [-0.1, -0.05) is 12.2 Å². The SMILES string of the molecule is CN1NNC=CC1=S. The molecule has 0 atom stereocenters. The second-order valence-electron chi connectivity index (χ2n) is 1.49. The van der Waals surface area contributed by atoms with Crippen LogP contribution in [0.5, 0.6) is 0 Å². The molecule has 0 aromatic rings. The molecular formula is C4H7N3S. The fraction of sp³-hybridized carbons (Fsp3) is 0.250.